The lowest BCUT2D eigenvalue weighted by Crippen LogP contribution is -2.27. The topological polar surface area (TPSA) is 76.7 Å². The first-order valence-electron chi connectivity index (χ1n) is 7.84. The van der Waals surface area contributed by atoms with Crippen LogP contribution in [0, 0.1) is 0 Å². The highest BCUT2D eigenvalue weighted by molar-refractivity contribution is 6.36. The number of methoxy groups -OCH3 is 2. The predicted octanol–water partition coefficient (Wildman–Crippen LogP) is 2.51. The van der Waals surface area contributed by atoms with E-state index in [-0.39, 0.29) is 11.3 Å². The van der Waals surface area contributed by atoms with Gasteiger partial charge in [-0.05, 0) is 23.8 Å². The zero-order valence-electron chi connectivity index (χ0n) is 14.3. The van der Waals surface area contributed by atoms with Gasteiger partial charge in [0.05, 0.1) is 24.8 Å². The quantitative estimate of drug-likeness (QED) is 0.762. The van der Waals surface area contributed by atoms with Crippen LogP contribution in [0.2, 0.25) is 5.02 Å². The molecule has 2 amide bonds. The van der Waals surface area contributed by atoms with Gasteiger partial charge in [-0.1, -0.05) is 35.9 Å². The zero-order chi connectivity index (χ0) is 18.7. The van der Waals surface area contributed by atoms with Gasteiger partial charge in [-0.25, -0.2) is 0 Å². The molecule has 1 heterocycles. The molecule has 7 heteroatoms. The highest BCUT2D eigenvalue weighted by Gasteiger charge is 2.32. The second kappa shape index (κ2) is 7.49. The number of imide groups is 1. The summed E-state index contributed by atoms with van der Waals surface area (Å²) >= 11 is 6.13. The molecule has 2 aromatic rings. The summed E-state index contributed by atoms with van der Waals surface area (Å²) in [6.07, 6.45) is 0. The molecule has 0 atom stereocenters. The summed E-state index contributed by atoms with van der Waals surface area (Å²) in [4.78, 5) is 24.5. The van der Waals surface area contributed by atoms with E-state index in [4.69, 9.17) is 21.1 Å². The molecule has 0 radical (unpaired) electrons. The molecule has 134 valence electrons. The van der Waals surface area contributed by atoms with E-state index in [1.54, 1.807) is 36.4 Å². The SMILES string of the molecule is COc1ccc(CNC2=C(c3ccccc3OC)C(=O)NC2=O)cc1Cl. The van der Waals surface area contributed by atoms with Gasteiger partial charge in [0.1, 0.15) is 17.2 Å². The summed E-state index contributed by atoms with van der Waals surface area (Å²) < 4.78 is 10.4. The summed E-state index contributed by atoms with van der Waals surface area (Å²) in [5.74, 6) is 0.141. The molecule has 2 N–H and O–H groups in total. The van der Waals surface area contributed by atoms with Gasteiger partial charge < -0.3 is 14.8 Å². The Balaban J connectivity index is 1.92. The van der Waals surface area contributed by atoms with Crippen molar-refractivity contribution in [3.05, 3.63) is 64.3 Å². The second-order valence-electron chi connectivity index (χ2n) is 5.56. The lowest BCUT2D eigenvalue weighted by Gasteiger charge is -2.11. The van der Waals surface area contributed by atoms with Crippen LogP contribution >= 0.6 is 11.6 Å². The Morgan fingerprint density at radius 1 is 1.00 bits per heavy atom. The Bertz CT molecular complexity index is 908. The van der Waals surface area contributed by atoms with Gasteiger partial charge in [-0.2, -0.15) is 0 Å². The van der Waals surface area contributed by atoms with Gasteiger partial charge in [0.2, 0.25) is 0 Å². The smallest absolute Gasteiger partial charge is 0.275 e. The van der Waals surface area contributed by atoms with E-state index in [2.05, 4.69) is 10.6 Å². The van der Waals surface area contributed by atoms with E-state index in [1.807, 2.05) is 6.07 Å². The van der Waals surface area contributed by atoms with Crippen LogP contribution in [0.5, 0.6) is 11.5 Å². The number of rotatable bonds is 6. The van der Waals surface area contributed by atoms with Crippen molar-refractivity contribution in [1.82, 2.24) is 10.6 Å². The van der Waals surface area contributed by atoms with Gasteiger partial charge in [-0.15, -0.1) is 0 Å². The van der Waals surface area contributed by atoms with Crippen molar-refractivity contribution in [2.24, 2.45) is 0 Å². The van der Waals surface area contributed by atoms with Crippen molar-refractivity contribution in [2.45, 2.75) is 6.54 Å². The first kappa shape index (κ1) is 17.8. The molecule has 1 aliphatic heterocycles. The zero-order valence-corrected chi connectivity index (χ0v) is 15.0. The highest BCUT2D eigenvalue weighted by atomic mass is 35.5. The summed E-state index contributed by atoms with van der Waals surface area (Å²) in [6.45, 7) is 0.318. The fraction of sp³-hybridized carbons (Fsp3) is 0.158. The monoisotopic (exact) mass is 372 g/mol. The molecule has 0 unspecified atom stereocenters. The minimum absolute atomic E-state index is 0.200. The molecule has 2 aromatic carbocycles. The third-order valence-electron chi connectivity index (χ3n) is 3.99. The molecule has 6 nitrogen and oxygen atoms in total. The maximum absolute atomic E-state index is 12.3. The van der Waals surface area contributed by atoms with Gasteiger partial charge in [0.25, 0.3) is 11.8 Å². The maximum Gasteiger partial charge on any atom is 0.275 e. The van der Waals surface area contributed by atoms with Crippen molar-refractivity contribution in [2.75, 3.05) is 14.2 Å². The Labute approximate surface area is 155 Å². The summed E-state index contributed by atoms with van der Waals surface area (Å²) in [5.41, 5.74) is 1.85. The summed E-state index contributed by atoms with van der Waals surface area (Å²) in [6, 6.07) is 12.4. The first-order chi connectivity index (χ1) is 12.5. The van der Waals surface area contributed by atoms with Crippen LogP contribution in [0.1, 0.15) is 11.1 Å². The fourth-order valence-corrected chi connectivity index (χ4v) is 3.02. The Morgan fingerprint density at radius 3 is 2.42 bits per heavy atom. The first-order valence-corrected chi connectivity index (χ1v) is 8.22. The molecular weight excluding hydrogens is 356 g/mol. The number of hydrogen-bond donors (Lipinski definition) is 2. The number of nitrogens with one attached hydrogen (secondary N) is 2. The number of para-hydroxylation sites is 1. The molecular formula is C19H17ClN2O4. The van der Waals surface area contributed by atoms with E-state index in [1.165, 1.54) is 14.2 Å². The Morgan fingerprint density at radius 2 is 1.73 bits per heavy atom. The van der Waals surface area contributed by atoms with E-state index in [0.29, 0.717) is 28.6 Å². The number of benzene rings is 2. The minimum atomic E-state index is -0.476. The number of ether oxygens (including phenoxy) is 2. The van der Waals surface area contributed by atoms with Crippen LogP contribution in [0.15, 0.2) is 48.2 Å². The number of carbonyl (C=O) groups excluding carboxylic acids is 2. The lowest BCUT2D eigenvalue weighted by molar-refractivity contribution is -0.123. The van der Waals surface area contributed by atoms with Crippen LogP contribution in [0.4, 0.5) is 0 Å². The van der Waals surface area contributed by atoms with Crippen LogP contribution in [0.3, 0.4) is 0 Å². The summed E-state index contributed by atoms with van der Waals surface area (Å²) in [5, 5.41) is 5.82. The molecule has 1 aliphatic rings. The number of hydrogen-bond acceptors (Lipinski definition) is 5. The third kappa shape index (κ3) is 3.36. The molecule has 0 fully saturated rings. The largest absolute Gasteiger partial charge is 0.496 e. The molecule has 0 saturated heterocycles. The van der Waals surface area contributed by atoms with Crippen molar-refractivity contribution in [3.63, 3.8) is 0 Å². The molecule has 0 aromatic heterocycles. The standard InChI is InChI=1S/C19H17ClN2O4/c1-25-14-6-4-3-5-12(14)16-17(19(24)22-18(16)23)21-10-11-7-8-15(26-2)13(20)9-11/h3-9H,10H2,1-2H3,(H2,21,22,23,24). The van der Waals surface area contributed by atoms with Crippen LogP contribution in [-0.4, -0.2) is 26.0 Å². The van der Waals surface area contributed by atoms with E-state index in [0.717, 1.165) is 5.56 Å². The van der Waals surface area contributed by atoms with Crippen LogP contribution in [-0.2, 0) is 16.1 Å². The van der Waals surface area contributed by atoms with E-state index in [9.17, 15) is 9.59 Å². The van der Waals surface area contributed by atoms with Crippen LogP contribution in [0.25, 0.3) is 5.57 Å². The normalized spacial score (nSPS) is 13.7. The second-order valence-corrected chi connectivity index (χ2v) is 5.96. The fourth-order valence-electron chi connectivity index (χ4n) is 2.74. The molecule has 0 saturated carbocycles. The van der Waals surface area contributed by atoms with E-state index < -0.39 is 11.8 Å². The lowest BCUT2D eigenvalue weighted by atomic mass is 10.0. The molecule has 0 spiro atoms. The maximum atomic E-state index is 12.3. The number of amides is 2. The van der Waals surface area contributed by atoms with E-state index >= 15 is 0 Å². The van der Waals surface area contributed by atoms with Crippen molar-refractivity contribution in [3.8, 4) is 11.5 Å². The van der Waals surface area contributed by atoms with Gasteiger partial charge in [-0.3, -0.25) is 14.9 Å². The minimum Gasteiger partial charge on any atom is -0.496 e. The molecule has 0 aliphatic carbocycles. The number of halogens is 1. The van der Waals surface area contributed by atoms with Crippen molar-refractivity contribution >= 4 is 29.0 Å². The molecule has 3 rings (SSSR count). The van der Waals surface area contributed by atoms with Gasteiger partial charge in [0.15, 0.2) is 0 Å². The number of carbonyl (C=O) groups is 2. The average Bonchev–Trinajstić information content (AvgIpc) is 2.93. The average molecular weight is 373 g/mol. The molecule has 0 bridgehead atoms. The predicted molar refractivity (Wildman–Crippen MR) is 97.9 cm³/mol. The Kier molecular flexibility index (Phi) is 5.14. The van der Waals surface area contributed by atoms with Gasteiger partial charge >= 0.3 is 0 Å². The van der Waals surface area contributed by atoms with Crippen molar-refractivity contribution in [1.29, 1.82) is 0 Å². The molecule has 26 heavy (non-hydrogen) atoms. The third-order valence-corrected chi connectivity index (χ3v) is 4.29. The van der Waals surface area contributed by atoms with Crippen molar-refractivity contribution < 1.29 is 19.1 Å². The summed E-state index contributed by atoms with van der Waals surface area (Å²) in [7, 11) is 3.05. The van der Waals surface area contributed by atoms with Gasteiger partial charge in [0, 0.05) is 12.1 Å². The van der Waals surface area contributed by atoms with Crippen LogP contribution < -0.4 is 20.1 Å². The highest BCUT2D eigenvalue weighted by Crippen LogP contribution is 2.30. The Hall–Kier alpha value is -2.99.